The minimum atomic E-state index is -0.705. The van der Waals surface area contributed by atoms with E-state index < -0.39 is 23.1 Å². The first kappa shape index (κ1) is 24.5. The van der Waals surface area contributed by atoms with Gasteiger partial charge in [0.05, 0.1) is 15.6 Å². The number of hydrogen-bond acceptors (Lipinski definition) is 4. The maximum Gasteiger partial charge on any atom is 0.227 e. The van der Waals surface area contributed by atoms with E-state index in [1.165, 1.54) is 32.1 Å². The highest BCUT2D eigenvalue weighted by atomic mass is 35.5. The Kier molecular flexibility index (Phi) is 9.93. The van der Waals surface area contributed by atoms with Gasteiger partial charge in [-0.1, -0.05) is 87.6 Å². The van der Waals surface area contributed by atoms with E-state index in [0.717, 1.165) is 19.3 Å². The van der Waals surface area contributed by atoms with Crippen LogP contribution in [-0.2, 0) is 16.0 Å². The molecule has 0 amide bonds. The molecule has 164 valence electrons. The summed E-state index contributed by atoms with van der Waals surface area (Å²) in [7, 11) is 0. The molecule has 0 spiro atoms. The Morgan fingerprint density at radius 2 is 1.27 bits per heavy atom. The molecule has 2 rings (SSSR count). The summed E-state index contributed by atoms with van der Waals surface area (Å²) in [6.45, 7) is 2.20. The van der Waals surface area contributed by atoms with Crippen molar-refractivity contribution in [2.45, 2.75) is 77.6 Å². The third-order valence-electron chi connectivity index (χ3n) is 5.45. The van der Waals surface area contributed by atoms with Gasteiger partial charge in [-0.25, -0.2) is 0 Å². The van der Waals surface area contributed by atoms with Gasteiger partial charge in [0.25, 0.3) is 0 Å². The van der Waals surface area contributed by atoms with E-state index in [2.05, 4.69) is 6.92 Å². The number of hydrogen-bond donors (Lipinski definition) is 2. The van der Waals surface area contributed by atoms with Gasteiger partial charge in [-0.05, 0) is 30.5 Å². The molecule has 0 unspecified atom stereocenters. The largest absolute Gasteiger partial charge is 0.504 e. The molecule has 0 atom stereocenters. The number of aliphatic hydroxyl groups is 2. The van der Waals surface area contributed by atoms with Crippen LogP contribution in [0, 0.1) is 0 Å². The molecular weight excluding hydrogens is 423 g/mol. The topological polar surface area (TPSA) is 74.6 Å². The van der Waals surface area contributed by atoms with Crippen LogP contribution < -0.4 is 0 Å². The van der Waals surface area contributed by atoms with E-state index in [9.17, 15) is 19.8 Å². The molecule has 30 heavy (non-hydrogen) atoms. The van der Waals surface area contributed by atoms with E-state index in [1.807, 2.05) is 0 Å². The molecule has 0 saturated carbocycles. The van der Waals surface area contributed by atoms with Crippen molar-refractivity contribution in [2.24, 2.45) is 0 Å². The van der Waals surface area contributed by atoms with Crippen molar-refractivity contribution in [1.82, 2.24) is 0 Å². The average molecular weight is 453 g/mol. The first-order valence-corrected chi connectivity index (χ1v) is 11.5. The van der Waals surface area contributed by atoms with Crippen LogP contribution in [-0.4, -0.2) is 21.8 Å². The van der Waals surface area contributed by atoms with Crippen molar-refractivity contribution < 1.29 is 19.8 Å². The van der Waals surface area contributed by atoms with Crippen molar-refractivity contribution in [3.05, 3.63) is 56.5 Å². The minimum Gasteiger partial charge on any atom is -0.504 e. The van der Waals surface area contributed by atoms with E-state index in [1.54, 1.807) is 18.2 Å². The molecule has 1 aliphatic rings. The molecule has 1 aromatic carbocycles. The van der Waals surface area contributed by atoms with Crippen LogP contribution in [0.3, 0.4) is 0 Å². The smallest absolute Gasteiger partial charge is 0.227 e. The molecule has 2 N–H and O–H groups in total. The first-order valence-electron chi connectivity index (χ1n) is 10.7. The maximum atomic E-state index is 12.6. The van der Waals surface area contributed by atoms with Gasteiger partial charge >= 0.3 is 0 Å². The van der Waals surface area contributed by atoms with Crippen LogP contribution in [0.15, 0.2) is 40.9 Å². The van der Waals surface area contributed by atoms with Crippen LogP contribution in [0.2, 0.25) is 10.0 Å². The van der Waals surface area contributed by atoms with Crippen molar-refractivity contribution >= 4 is 34.8 Å². The quantitative estimate of drug-likeness (QED) is 0.259. The lowest BCUT2D eigenvalue weighted by molar-refractivity contribution is -0.120. The molecule has 0 aromatic heterocycles. The third kappa shape index (κ3) is 6.61. The zero-order valence-corrected chi connectivity index (χ0v) is 19.0. The van der Waals surface area contributed by atoms with E-state index in [4.69, 9.17) is 23.2 Å². The van der Waals surface area contributed by atoms with Crippen LogP contribution in [0.1, 0.15) is 76.7 Å². The summed E-state index contributed by atoms with van der Waals surface area (Å²) in [5.41, 5.74) is 0.507. The van der Waals surface area contributed by atoms with Gasteiger partial charge in [-0.3, -0.25) is 9.59 Å². The van der Waals surface area contributed by atoms with Crippen LogP contribution in [0.5, 0.6) is 0 Å². The van der Waals surface area contributed by atoms with Gasteiger partial charge in [-0.15, -0.1) is 0 Å². The van der Waals surface area contributed by atoms with Crippen LogP contribution in [0.25, 0.3) is 0 Å². The Balaban J connectivity index is 1.90. The Morgan fingerprint density at radius 3 is 1.87 bits per heavy atom. The summed E-state index contributed by atoms with van der Waals surface area (Å²) in [6, 6.07) is 4.81. The summed E-state index contributed by atoms with van der Waals surface area (Å²) < 4.78 is 0. The predicted octanol–water partition coefficient (Wildman–Crippen LogP) is 7.23. The fourth-order valence-electron chi connectivity index (χ4n) is 3.64. The van der Waals surface area contributed by atoms with Gasteiger partial charge in [0, 0.05) is 12.0 Å². The Labute approximate surface area is 188 Å². The van der Waals surface area contributed by atoms with Crippen LogP contribution >= 0.6 is 23.2 Å². The zero-order valence-electron chi connectivity index (χ0n) is 17.5. The number of allylic oxidation sites excluding steroid dienone is 2. The normalized spacial score (nSPS) is 14.8. The number of carbonyl (C=O) groups is 2. The molecule has 1 aromatic rings. The average Bonchev–Trinajstić information content (AvgIpc) is 2.73. The maximum absolute atomic E-state index is 12.6. The second-order valence-electron chi connectivity index (χ2n) is 7.82. The number of ketones is 2. The summed E-state index contributed by atoms with van der Waals surface area (Å²) >= 11 is 11.9. The monoisotopic (exact) mass is 452 g/mol. The summed E-state index contributed by atoms with van der Waals surface area (Å²) in [4.78, 5) is 25.1. The van der Waals surface area contributed by atoms with E-state index >= 15 is 0 Å². The Morgan fingerprint density at radius 1 is 0.733 bits per heavy atom. The highest BCUT2D eigenvalue weighted by Gasteiger charge is 2.34. The number of unbranched alkanes of at least 4 members (excludes halogenated alkanes) is 8. The van der Waals surface area contributed by atoms with Crippen molar-refractivity contribution in [2.75, 3.05) is 0 Å². The summed E-state index contributed by atoms with van der Waals surface area (Å²) in [5.74, 6) is -2.51. The van der Waals surface area contributed by atoms with Gasteiger partial charge in [0.15, 0.2) is 11.5 Å². The number of carbonyl (C=O) groups excluding carboxylic acids is 2. The van der Waals surface area contributed by atoms with E-state index in [-0.39, 0.29) is 24.0 Å². The standard InChI is InChI=1S/C24H30Cl2O4/c1-2-3-4-5-6-7-8-9-10-11-17-21(27)23(29)18(24(30)22(17)28)14-16-12-13-19(25)20(26)15-16/h12-13,15,27,30H,2-11,14H2,1H3. The SMILES string of the molecule is CCCCCCCCCCCC1=C(O)C(=O)C(Cc2ccc(Cl)c(Cl)c2)=C(O)C1=O. The van der Waals surface area contributed by atoms with Crippen molar-refractivity contribution in [3.8, 4) is 0 Å². The lowest BCUT2D eigenvalue weighted by Gasteiger charge is -2.18. The molecular formula is C24H30Cl2O4. The molecule has 4 nitrogen and oxygen atoms in total. The highest BCUT2D eigenvalue weighted by Crippen LogP contribution is 2.30. The van der Waals surface area contributed by atoms with Crippen LogP contribution in [0.4, 0.5) is 0 Å². The highest BCUT2D eigenvalue weighted by molar-refractivity contribution is 6.42. The molecule has 1 aliphatic carbocycles. The van der Waals surface area contributed by atoms with Crippen molar-refractivity contribution in [3.63, 3.8) is 0 Å². The zero-order chi connectivity index (χ0) is 22.1. The molecule has 0 radical (unpaired) electrons. The van der Waals surface area contributed by atoms with Gasteiger partial charge in [0.1, 0.15) is 0 Å². The second kappa shape index (κ2) is 12.2. The summed E-state index contributed by atoms with van der Waals surface area (Å²) in [5, 5.41) is 21.3. The van der Waals surface area contributed by atoms with Gasteiger partial charge < -0.3 is 10.2 Å². The molecule has 6 heteroatoms. The fourth-order valence-corrected chi connectivity index (χ4v) is 3.96. The lowest BCUT2D eigenvalue weighted by atomic mass is 9.87. The Hall–Kier alpha value is -1.78. The van der Waals surface area contributed by atoms with Gasteiger partial charge in [0.2, 0.25) is 11.6 Å². The Bertz CT molecular complexity index is 840. The van der Waals surface area contributed by atoms with Gasteiger partial charge in [-0.2, -0.15) is 0 Å². The number of rotatable bonds is 12. The molecule has 0 fully saturated rings. The first-order chi connectivity index (χ1) is 14.4. The summed E-state index contributed by atoms with van der Waals surface area (Å²) in [6.07, 6.45) is 10.4. The molecule has 0 heterocycles. The molecule has 0 bridgehead atoms. The minimum absolute atomic E-state index is 0.0112. The predicted molar refractivity (Wildman–Crippen MR) is 121 cm³/mol. The second-order valence-corrected chi connectivity index (χ2v) is 8.63. The van der Waals surface area contributed by atoms with Crippen molar-refractivity contribution in [1.29, 1.82) is 0 Å². The molecule has 0 saturated heterocycles. The number of benzene rings is 1. The van der Waals surface area contributed by atoms with E-state index in [0.29, 0.717) is 22.0 Å². The number of halogens is 2. The third-order valence-corrected chi connectivity index (χ3v) is 6.18. The molecule has 0 aliphatic heterocycles. The number of Topliss-reactive ketones (excluding diaryl/α,β-unsaturated/α-hetero) is 2. The lowest BCUT2D eigenvalue weighted by Crippen LogP contribution is -2.25. The fraction of sp³-hybridized carbons (Fsp3) is 0.500. The number of aliphatic hydroxyl groups excluding tert-OH is 2.